The molecule has 1 aliphatic carbocycles. The van der Waals surface area contributed by atoms with Crippen LogP contribution < -0.4 is 10.9 Å². The fraction of sp³-hybridized carbons (Fsp3) is 0.560. The second-order valence-electron chi connectivity index (χ2n) is 9.64. The maximum atomic E-state index is 13.3. The van der Waals surface area contributed by atoms with Crippen LogP contribution in [0, 0.1) is 17.8 Å². The van der Waals surface area contributed by atoms with Crippen molar-refractivity contribution in [1.29, 1.82) is 0 Å². The van der Waals surface area contributed by atoms with Gasteiger partial charge in [0.2, 0.25) is 5.91 Å². The van der Waals surface area contributed by atoms with Crippen molar-refractivity contribution in [2.45, 2.75) is 50.7 Å². The van der Waals surface area contributed by atoms with E-state index in [1.54, 1.807) is 12.4 Å². The van der Waals surface area contributed by atoms with E-state index >= 15 is 0 Å². The molecule has 0 aromatic carbocycles. The van der Waals surface area contributed by atoms with E-state index in [9.17, 15) is 14.7 Å². The van der Waals surface area contributed by atoms with Crippen molar-refractivity contribution < 1.29 is 9.90 Å². The molecule has 0 radical (unpaired) electrons. The van der Waals surface area contributed by atoms with E-state index in [1.165, 1.54) is 32.1 Å². The first-order valence-electron chi connectivity index (χ1n) is 11.8. The van der Waals surface area contributed by atoms with Gasteiger partial charge < -0.3 is 15.0 Å². The highest BCUT2D eigenvalue weighted by Gasteiger charge is 2.54. The fourth-order valence-corrected chi connectivity index (χ4v) is 6.26. The minimum atomic E-state index is -0.375. The number of hydrogen-bond donors (Lipinski definition) is 2. The Bertz CT molecular complexity index is 1030. The lowest BCUT2D eigenvalue weighted by Crippen LogP contribution is -2.48. The number of nitrogens with one attached hydrogen (secondary N) is 1. The molecule has 1 saturated heterocycles. The van der Waals surface area contributed by atoms with E-state index in [0.29, 0.717) is 18.0 Å². The maximum Gasteiger partial charge on any atom is 0.258 e. The van der Waals surface area contributed by atoms with Crippen molar-refractivity contribution in [2.75, 3.05) is 20.2 Å². The van der Waals surface area contributed by atoms with Gasteiger partial charge >= 0.3 is 0 Å². The van der Waals surface area contributed by atoms with E-state index in [1.807, 2.05) is 35.9 Å². The van der Waals surface area contributed by atoms with Crippen LogP contribution in [0.3, 0.4) is 0 Å². The summed E-state index contributed by atoms with van der Waals surface area (Å²) in [7, 11) is 1.95. The second kappa shape index (κ2) is 8.79. The molecular weight excluding hydrogens is 404 g/mol. The molecule has 3 aliphatic rings. The van der Waals surface area contributed by atoms with E-state index in [2.05, 4.69) is 15.2 Å². The molecule has 0 bridgehead atoms. The summed E-state index contributed by atoms with van der Waals surface area (Å²) in [6.45, 7) is 1.18. The predicted molar refractivity (Wildman–Crippen MR) is 122 cm³/mol. The lowest BCUT2D eigenvalue weighted by molar-refractivity contribution is -0.127. The lowest BCUT2D eigenvalue weighted by atomic mass is 9.87. The lowest BCUT2D eigenvalue weighted by Gasteiger charge is -2.28. The first kappa shape index (κ1) is 21.3. The summed E-state index contributed by atoms with van der Waals surface area (Å²) in [5.41, 5.74) is 2.33. The molecule has 170 valence electrons. The minimum absolute atomic E-state index is 0.00685. The van der Waals surface area contributed by atoms with E-state index in [4.69, 9.17) is 0 Å². The number of hydrogen-bond acceptors (Lipinski definition) is 5. The molecule has 2 aromatic heterocycles. The van der Waals surface area contributed by atoms with Crippen molar-refractivity contribution in [3.8, 4) is 11.1 Å². The van der Waals surface area contributed by atoms with Crippen LogP contribution in [0.15, 0.2) is 41.5 Å². The highest BCUT2D eigenvalue weighted by molar-refractivity contribution is 5.82. The smallest absolute Gasteiger partial charge is 0.258 e. The summed E-state index contributed by atoms with van der Waals surface area (Å²) in [6, 6.07) is 7.16. The minimum Gasteiger partial charge on any atom is -0.396 e. The molecule has 7 nitrogen and oxygen atoms in total. The third-order valence-electron chi connectivity index (χ3n) is 7.88. The molecule has 2 fully saturated rings. The monoisotopic (exact) mass is 436 g/mol. The Balaban J connectivity index is 1.38. The van der Waals surface area contributed by atoms with Gasteiger partial charge in [0.05, 0.1) is 12.1 Å². The number of rotatable bonds is 5. The normalized spacial score (nSPS) is 27.8. The van der Waals surface area contributed by atoms with Gasteiger partial charge in [0, 0.05) is 60.7 Å². The number of aromatic nitrogens is 2. The Morgan fingerprint density at radius 3 is 2.75 bits per heavy atom. The Kier molecular flexibility index (Phi) is 5.86. The number of aliphatic hydroxyl groups excluding tert-OH is 1. The molecule has 4 atom stereocenters. The summed E-state index contributed by atoms with van der Waals surface area (Å²) >= 11 is 0. The largest absolute Gasteiger partial charge is 0.396 e. The molecule has 4 heterocycles. The van der Waals surface area contributed by atoms with Gasteiger partial charge in [-0.25, -0.2) is 0 Å². The Morgan fingerprint density at radius 2 is 2.03 bits per heavy atom. The number of carbonyl (C=O) groups excluding carboxylic acids is 1. The van der Waals surface area contributed by atoms with Crippen LogP contribution in [0.2, 0.25) is 0 Å². The van der Waals surface area contributed by atoms with Crippen LogP contribution in [0.4, 0.5) is 0 Å². The summed E-state index contributed by atoms with van der Waals surface area (Å²) < 4.78 is 1.83. The zero-order chi connectivity index (χ0) is 22.2. The Labute approximate surface area is 188 Å². The van der Waals surface area contributed by atoms with Crippen molar-refractivity contribution in [1.82, 2.24) is 19.8 Å². The van der Waals surface area contributed by atoms with Crippen LogP contribution in [0.5, 0.6) is 0 Å². The first-order chi connectivity index (χ1) is 15.6. The summed E-state index contributed by atoms with van der Waals surface area (Å²) in [5, 5.41) is 13.4. The van der Waals surface area contributed by atoms with E-state index in [0.717, 1.165) is 17.8 Å². The van der Waals surface area contributed by atoms with Gasteiger partial charge in [0.15, 0.2) is 0 Å². The van der Waals surface area contributed by atoms with Crippen molar-refractivity contribution in [3.05, 3.63) is 52.7 Å². The number of fused-ring (bicyclic) bond motifs is 3. The van der Waals surface area contributed by atoms with E-state index < -0.39 is 0 Å². The SMILES string of the molecule is CN1[C@@H]2c3ccc(-c4cccnc4)c(=O)n3C[C@@H]2[C@@H](CO)[C@@H]1C(=O)NCC1CCCCC1. The van der Waals surface area contributed by atoms with Gasteiger partial charge in [-0.1, -0.05) is 25.3 Å². The average molecular weight is 437 g/mol. The van der Waals surface area contributed by atoms with Crippen LogP contribution in [0.25, 0.3) is 11.1 Å². The van der Waals surface area contributed by atoms with Gasteiger partial charge in [-0.3, -0.25) is 19.5 Å². The maximum absolute atomic E-state index is 13.3. The third-order valence-corrected chi connectivity index (χ3v) is 7.88. The topological polar surface area (TPSA) is 87.5 Å². The number of likely N-dealkylation sites (N-methyl/N-ethyl adjacent to an activating group) is 1. The van der Waals surface area contributed by atoms with Crippen LogP contribution in [-0.2, 0) is 11.3 Å². The van der Waals surface area contributed by atoms with Crippen LogP contribution in [-0.4, -0.2) is 51.7 Å². The number of pyridine rings is 2. The molecular formula is C25H32N4O3. The highest BCUT2D eigenvalue weighted by atomic mass is 16.3. The molecule has 1 saturated carbocycles. The van der Waals surface area contributed by atoms with Crippen molar-refractivity contribution in [3.63, 3.8) is 0 Å². The molecule has 2 N–H and O–H groups in total. The fourth-order valence-electron chi connectivity index (χ4n) is 6.26. The molecule has 2 aromatic rings. The van der Waals surface area contributed by atoms with Crippen LogP contribution >= 0.6 is 0 Å². The number of carbonyl (C=O) groups is 1. The second-order valence-corrected chi connectivity index (χ2v) is 9.64. The summed E-state index contributed by atoms with van der Waals surface area (Å²) in [4.78, 5) is 32.6. The van der Waals surface area contributed by atoms with Gasteiger partial charge in [-0.2, -0.15) is 0 Å². The third kappa shape index (κ3) is 3.57. The highest BCUT2D eigenvalue weighted by Crippen LogP contribution is 2.48. The van der Waals surface area contributed by atoms with Gasteiger partial charge in [0.25, 0.3) is 5.56 Å². The Morgan fingerprint density at radius 1 is 1.22 bits per heavy atom. The van der Waals surface area contributed by atoms with Crippen molar-refractivity contribution in [2.24, 2.45) is 17.8 Å². The summed E-state index contributed by atoms with van der Waals surface area (Å²) in [5.74, 6) is 0.411. The number of likely N-dealkylation sites (tertiary alicyclic amines) is 1. The Hall–Kier alpha value is -2.51. The van der Waals surface area contributed by atoms with Gasteiger partial charge in [-0.05, 0) is 44.0 Å². The first-order valence-corrected chi connectivity index (χ1v) is 11.8. The standard InChI is InChI=1S/C25H32N4O3/c1-28-22-19(20(15-30)23(28)24(31)27-12-16-6-3-2-4-7-16)14-29-21(22)10-9-18(25(29)32)17-8-5-11-26-13-17/h5,8-11,13,16,19-20,22-23,30H,2-4,6-7,12,14-15H2,1H3,(H,27,31)/t19-,20-,22+,23-/m1/s1. The molecule has 0 unspecified atom stereocenters. The molecule has 7 heteroatoms. The van der Waals surface area contributed by atoms with Gasteiger partial charge in [-0.15, -0.1) is 0 Å². The zero-order valence-electron chi connectivity index (χ0n) is 18.6. The average Bonchev–Trinajstić information content (AvgIpc) is 3.34. The number of nitrogens with zero attached hydrogens (tertiary/aromatic N) is 3. The van der Waals surface area contributed by atoms with E-state index in [-0.39, 0.29) is 42.0 Å². The molecule has 1 amide bonds. The van der Waals surface area contributed by atoms with Crippen LogP contribution in [0.1, 0.15) is 43.8 Å². The predicted octanol–water partition coefficient (Wildman–Crippen LogP) is 2.20. The number of amides is 1. The molecule has 5 rings (SSSR count). The molecule has 32 heavy (non-hydrogen) atoms. The number of aliphatic hydroxyl groups is 1. The van der Waals surface area contributed by atoms with Gasteiger partial charge in [0.1, 0.15) is 0 Å². The molecule has 2 aliphatic heterocycles. The zero-order valence-corrected chi connectivity index (χ0v) is 18.6. The van der Waals surface area contributed by atoms with Crippen molar-refractivity contribution >= 4 is 5.91 Å². The summed E-state index contributed by atoms with van der Waals surface area (Å²) in [6.07, 6.45) is 9.57. The molecule has 0 spiro atoms. The quantitative estimate of drug-likeness (QED) is 0.750.